The van der Waals surface area contributed by atoms with Crippen molar-refractivity contribution < 1.29 is 23.8 Å². The number of fused-ring (bicyclic) bond motifs is 2. The molecular formula is C23H22N4O5. The molecule has 1 unspecified atom stereocenters. The van der Waals surface area contributed by atoms with E-state index in [9.17, 15) is 9.59 Å². The predicted octanol–water partition coefficient (Wildman–Crippen LogP) is 2.85. The van der Waals surface area contributed by atoms with Crippen molar-refractivity contribution in [2.24, 2.45) is 0 Å². The van der Waals surface area contributed by atoms with Crippen molar-refractivity contribution in [3.63, 3.8) is 0 Å². The van der Waals surface area contributed by atoms with Crippen LogP contribution in [0.5, 0.6) is 17.2 Å². The molecular weight excluding hydrogens is 412 g/mol. The number of hydrogen-bond donors (Lipinski definition) is 3. The van der Waals surface area contributed by atoms with Crippen LogP contribution in [0.25, 0.3) is 0 Å². The highest BCUT2D eigenvalue weighted by Gasteiger charge is 2.26. The van der Waals surface area contributed by atoms with Crippen LogP contribution in [0.1, 0.15) is 35.7 Å². The van der Waals surface area contributed by atoms with Crippen molar-refractivity contribution in [3.8, 4) is 17.2 Å². The Balaban J connectivity index is 1.17. The number of hydrogen-bond acceptors (Lipinski definition) is 6. The summed E-state index contributed by atoms with van der Waals surface area (Å²) < 4.78 is 16.5. The van der Waals surface area contributed by atoms with Gasteiger partial charge in [0.25, 0.3) is 0 Å². The van der Waals surface area contributed by atoms with Crippen LogP contribution in [0, 0.1) is 0 Å². The molecule has 0 saturated carbocycles. The van der Waals surface area contributed by atoms with Crippen LogP contribution < -0.4 is 24.8 Å². The summed E-state index contributed by atoms with van der Waals surface area (Å²) in [5, 5.41) is 12.4. The summed E-state index contributed by atoms with van der Waals surface area (Å²) in [6.45, 7) is 0.498. The SMILES string of the molecule is O=C(Nc1cccc(COc2ccc3c(c2)OCO3)c1)C(=O)NC1CCCc2cn[nH]c21. The Kier molecular flexibility index (Phi) is 5.37. The van der Waals surface area contributed by atoms with Crippen LogP contribution in [0.15, 0.2) is 48.7 Å². The van der Waals surface area contributed by atoms with E-state index < -0.39 is 11.8 Å². The van der Waals surface area contributed by atoms with Crippen LogP contribution in [0.2, 0.25) is 0 Å². The second-order valence-electron chi connectivity index (χ2n) is 7.69. The summed E-state index contributed by atoms with van der Waals surface area (Å²) in [7, 11) is 0. The van der Waals surface area contributed by atoms with Gasteiger partial charge in [0, 0.05) is 11.8 Å². The molecule has 0 saturated heterocycles. The van der Waals surface area contributed by atoms with Gasteiger partial charge in [-0.3, -0.25) is 14.7 Å². The number of amides is 2. The number of aromatic amines is 1. The van der Waals surface area contributed by atoms with Gasteiger partial charge in [-0.25, -0.2) is 0 Å². The van der Waals surface area contributed by atoms with Crippen LogP contribution in [0.3, 0.4) is 0 Å². The lowest BCUT2D eigenvalue weighted by molar-refractivity contribution is -0.136. The average molecular weight is 434 g/mol. The molecule has 9 nitrogen and oxygen atoms in total. The third-order valence-corrected chi connectivity index (χ3v) is 5.48. The minimum atomic E-state index is -0.717. The zero-order valence-corrected chi connectivity index (χ0v) is 17.2. The third kappa shape index (κ3) is 4.22. The fourth-order valence-corrected chi connectivity index (χ4v) is 3.89. The molecule has 5 rings (SSSR count). The minimum absolute atomic E-state index is 0.206. The van der Waals surface area contributed by atoms with Crippen molar-refractivity contribution in [2.75, 3.05) is 12.1 Å². The Labute approximate surface area is 184 Å². The van der Waals surface area contributed by atoms with Gasteiger partial charge in [0.15, 0.2) is 11.5 Å². The van der Waals surface area contributed by atoms with Gasteiger partial charge in [-0.05, 0) is 54.7 Å². The summed E-state index contributed by atoms with van der Waals surface area (Å²) in [6.07, 6.45) is 4.39. The number of carbonyl (C=O) groups excluding carboxylic acids is 2. The Morgan fingerprint density at radius 2 is 2.03 bits per heavy atom. The molecule has 2 amide bonds. The molecule has 32 heavy (non-hydrogen) atoms. The van der Waals surface area contributed by atoms with Crippen molar-refractivity contribution in [1.82, 2.24) is 15.5 Å². The summed E-state index contributed by atoms with van der Waals surface area (Å²) in [6, 6.07) is 12.3. The molecule has 3 aromatic rings. The van der Waals surface area contributed by atoms with Crippen molar-refractivity contribution in [3.05, 3.63) is 65.5 Å². The molecule has 1 atom stereocenters. The highest BCUT2D eigenvalue weighted by Crippen LogP contribution is 2.35. The van der Waals surface area contributed by atoms with Crippen molar-refractivity contribution >= 4 is 17.5 Å². The number of aryl methyl sites for hydroxylation is 1. The number of H-pyrrole nitrogens is 1. The molecule has 0 radical (unpaired) electrons. The fourth-order valence-electron chi connectivity index (χ4n) is 3.89. The number of nitrogens with one attached hydrogen (secondary N) is 3. The maximum atomic E-state index is 12.4. The molecule has 1 aliphatic carbocycles. The second kappa shape index (κ2) is 8.62. The van der Waals surface area contributed by atoms with Crippen LogP contribution >= 0.6 is 0 Å². The van der Waals surface area contributed by atoms with Crippen molar-refractivity contribution in [2.45, 2.75) is 31.9 Å². The van der Waals surface area contributed by atoms with Crippen molar-refractivity contribution in [1.29, 1.82) is 0 Å². The van der Waals surface area contributed by atoms with E-state index in [4.69, 9.17) is 14.2 Å². The number of nitrogens with zero attached hydrogens (tertiary/aromatic N) is 1. The van der Waals surface area contributed by atoms with Crippen LogP contribution in [-0.4, -0.2) is 28.8 Å². The number of aromatic nitrogens is 2. The lowest BCUT2D eigenvalue weighted by Crippen LogP contribution is -2.39. The fraction of sp³-hybridized carbons (Fsp3) is 0.261. The summed E-state index contributed by atoms with van der Waals surface area (Å²) in [5.41, 5.74) is 3.32. The van der Waals surface area contributed by atoms with Gasteiger partial charge in [-0.1, -0.05) is 12.1 Å². The van der Waals surface area contributed by atoms with Gasteiger partial charge in [0.2, 0.25) is 6.79 Å². The van der Waals surface area contributed by atoms with E-state index in [1.807, 2.05) is 6.07 Å². The van der Waals surface area contributed by atoms with Gasteiger partial charge >= 0.3 is 11.8 Å². The van der Waals surface area contributed by atoms with Gasteiger partial charge in [-0.15, -0.1) is 0 Å². The topological polar surface area (TPSA) is 115 Å². The predicted molar refractivity (Wildman–Crippen MR) is 114 cm³/mol. The highest BCUT2D eigenvalue weighted by molar-refractivity contribution is 6.39. The lowest BCUT2D eigenvalue weighted by Gasteiger charge is -2.22. The maximum absolute atomic E-state index is 12.4. The first-order valence-electron chi connectivity index (χ1n) is 10.4. The van der Waals surface area contributed by atoms with Gasteiger partial charge in [0.05, 0.1) is 17.9 Å². The number of rotatable bonds is 5. The monoisotopic (exact) mass is 434 g/mol. The number of benzene rings is 2. The van der Waals surface area contributed by atoms with Gasteiger partial charge in [0.1, 0.15) is 12.4 Å². The van der Waals surface area contributed by atoms with E-state index in [0.29, 0.717) is 29.5 Å². The Bertz CT molecular complexity index is 1160. The number of carbonyl (C=O) groups is 2. The minimum Gasteiger partial charge on any atom is -0.489 e. The first-order chi connectivity index (χ1) is 15.7. The molecule has 0 spiro atoms. The molecule has 2 heterocycles. The van der Waals surface area contributed by atoms with E-state index >= 15 is 0 Å². The Morgan fingerprint density at radius 1 is 1.12 bits per heavy atom. The summed E-state index contributed by atoms with van der Waals surface area (Å²) >= 11 is 0. The summed E-state index contributed by atoms with van der Waals surface area (Å²) in [4.78, 5) is 24.9. The first-order valence-corrected chi connectivity index (χ1v) is 10.4. The van der Waals surface area contributed by atoms with Crippen LogP contribution in [0.4, 0.5) is 5.69 Å². The quantitative estimate of drug-likeness (QED) is 0.532. The molecule has 1 aromatic heterocycles. The average Bonchev–Trinajstić information content (AvgIpc) is 3.47. The molecule has 9 heteroatoms. The molecule has 3 N–H and O–H groups in total. The molecule has 2 aromatic carbocycles. The normalized spacial score (nSPS) is 16.2. The van der Waals surface area contributed by atoms with E-state index in [1.54, 1.807) is 42.6 Å². The third-order valence-electron chi connectivity index (χ3n) is 5.48. The molecule has 2 aliphatic rings. The Morgan fingerprint density at radius 3 is 2.97 bits per heavy atom. The van der Waals surface area contributed by atoms with Gasteiger partial charge < -0.3 is 24.8 Å². The van der Waals surface area contributed by atoms with E-state index in [-0.39, 0.29) is 12.8 Å². The van der Waals surface area contributed by atoms with Crippen LogP contribution in [-0.2, 0) is 22.6 Å². The number of ether oxygens (including phenoxy) is 3. The van der Waals surface area contributed by atoms with E-state index in [0.717, 1.165) is 36.1 Å². The molecule has 0 fully saturated rings. The molecule has 164 valence electrons. The maximum Gasteiger partial charge on any atom is 0.313 e. The number of anilines is 1. The highest BCUT2D eigenvalue weighted by atomic mass is 16.7. The zero-order chi connectivity index (χ0) is 21.9. The smallest absolute Gasteiger partial charge is 0.313 e. The standard InChI is InChI=1S/C23H22N4O5/c28-22(23(29)26-18-6-2-4-15-11-24-27-21(15)18)25-16-5-1-3-14(9-16)12-30-17-7-8-19-20(10-17)32-13-31-19/h1,3,5,7-11,18H,2,4,6,12-13H2,(H,24,27)(H,25,28)(H,26,29). The van der Waals surface area contributed by atoms with E-state index in [2.05, 4.69) is 20.8 Å². The molecule has 0 bridgehead atoms. The largest absolute Gasteiger partial charge is 0.489 e. The zero-order valence-electron chi connectivity index (χ0n) is 17.2. The lowest BCUT2D eigenvalue weighted by atomic mass is 9.94. The van der Waals surface area contributed by atoms with Gasteiger partial charge in [-0.2, -0.15) is 5.10 Å². The first kappa shape index (κ1) is 19.9. The second-order valence-corrected chi connectivity index (χ2v) is 7.69. The summed E-state index contributed by atoms with van der Waals surface area (Å²) in [5.74, 6) is 0.589. The Hall–Kier alpha value is -4.01. The van der Waals surface area contributed by atoms with E-state index in [1.165, 1.54) is 0 Å². The molecule has 1 aliphatic heterocycles.